The van der Waals surface area contributed by atoms with Crippen molar-refractivity contribution in [1.82, 2.24) is 9.99 Å². The Balaban J connectivity index is 1.75. The number of benzene rings is 2. The van der Waals surface area contributed by atoms with Crippen LogP contribution < -0.4 is 14.9 Å². The van der Waals surface area contributed by atoms with Gasteiger partial charge in [-0.2, -0.15) is 5.10 Å². The molecule has 0 aliphatic carbocycles. The molecule has 0 aliphatic rings. The first-order valence-corrected chi connectivity index (χ1v) is 9.75. The maximum absolute atomic E-state index is 6.31. The average molecular weight is 412 g/mol. The van der Waals surface area contributed by atoms with Crippen LogP contribution in [0, 0.1) is 20.8 Å². The van der Waals surface area contributed by atoms with Crippen LogP contribution in [0.4, 0.5) is 0 Å². The Bertz CT molecular complexity index is 1040. The number of hydrazone groups is 1. The number of hydrogen-bond acceptors (Lipinski definition) is 4. The lowest BCUT2D eigenvalue weighted by atomic mass is 10.2. The summed E-state index contributed by atoms with van der Waals surface area (Å²) in [6.07, 6.45) is 1.85. The van der Waals surface area contributed by atoms with Gasteiger partial charge in [0.1, 0.15) is 0 Å². The van der Waals surface area contributed by atoms with Crippen molar-refractivity contribution in [1.29, 1.82) is 0 Å². The smallest absolute Gasteiger partial charge is 0.161 e. The standard InChI is InChI=1S/C23H26ClN3O2/c1-15-11-19(17(3)27(15)21-8-6-7-20(24)16(21)2)14-26-25-13-18-9-10-22(28-4)23(12-18)29-5/h6-12,14,25H,13H2,1-5H3/b26-14-. The van der Waals surface area contributed by atoms with Crippen molar-refractivity contribution in [2.75, 3.05) is 14.2 Å². The molecule has 0 radical (unpaired) electrons. The van der Waals surface area contributed by atoms with E-state index in [9.17, 15) is 0 Å². The van der Waals surface area contributed by atoms with Crippen molar-refractivity contribution in [3.05, 3.63) is 75.6 Å². The number of methoxy groups -OCH3 is 2. The largest absolute Gasteiger partial charge is 0.493 e. The van der Waals surface area contributed by atoms with E-state index in [1.807, 2.05) is 43.5 Å². The van der Waals surface area contributed by atoms with Gasteiger partial charge in [-0.05, 0) is 62.2 Å². The molecule has 0 spiro atoms. The van der Waals surface area contributed by atoms with Gasteiger partial charge in [0.05, 0.1) is 27.0 Å². The molecule has 0 amide bonds. The van der Waals surface area contributed by atoms with E-state index in [1.165, 1.54) is 0 Å². The molecule has 0 atom stereocenters. The first kappa shape index (κ1) is 20.8. The van der Waals surface area contributed by atoms with E-state index in [0.717, 1.165) is 38.8 Å². The van der Waals surface area contributed by atoms with Gasteiger partial charge in [0.25, 0.3) is 0 Å². The Hall–Kier alpha value is -2.92. The number of halogens is 1. The van der Waals surface area contributed by atoms with E-state index >= 15 is 0 Å². The highest BCUT2D eigenvalue weighted by atomic mass is 35.5. The molecule has 0 aliphatic heterocycles. The summed E-state index contributed by atoms with van der Waals surface area (Å²) in [4.78, 5) is 0. The Labute approximate surface area is 176 Å². The molecular formula is C23H26ClN3O2. The quantitative estimate of drug-likeness (QED) is 0.429. The topological polar surface area (TPSA) is 47.8 Å². The van der Waals surface area contributed by atoms with E-state index in [4.69, 9.17) is 21.1 Å². The van der Waals surface area contributed by atoms with Gasteiger partial charge in [-0.25, -0.2) is 0 Å². The van der Waals surface area contributed by atoms with Crippen molar-refractivity contribution in [2.24, 2.45) is 5.10 Å². The van der Waals surface area contributed by atoms with Crippen molar-refractivity contribution in [3.63, 3.8) is 0 Å². The second-order valence-electron chi connectivity index (χ2n) is 6.83. The fourth-order valence-corrected chi connectivity index (χ4v) is 3.54. The van der Waals surface area contributed by atoms with Gasteiger partial charge in [-0.15, -0.1) is 0 Å². The van der Waals surface area contributed by atoms with Crippen LogP contribution in [0.1, 0.15) is 28.1 Å². The van der Waals surface area contributed by atoms with Crippen LogP contribution in [0.3, 0.4) is 0 Å². The van der Waals surface area contributed by atoms with Crippen molar-refractivity contribution >= 4 is 17.8 Å². The monoisotopic (exact) mass is 411 g/mol. The Morgan fingerprint density at radius 3 is 2.52 bits per heavy atom. The molecular weight excluding hydrogens is 386 g/mol. The molecule has 29 heavy (non-hydrogen) atoms. The lowest BCUT2D eigenvalue weighted by Gasteiger charge is -2.13. The number of aryl methyl sites for hydroxylation is 1. The predicted octanol–water partition coefficient (Wildman–Crippen LogP) is 5.20. The van der Waals surface area contributed by atoms with Crippen LogP contribution in [0.2, 0.25) is 5.02 Å². The van der Waals surface area contributed by atoms with Crippen LogP contribution in [-0.4, -0.2) is 25.0 Å². The third-order valence-corrected chi connectivity index (χ3v) is 5.39. The molecule has 0 saturated heterocycles. The van der Waals surface area contributed by atoms with Gasteiger partial charge in [0.15, 0.2) is 11.5 Å². The van der Waals surface area contributed by atoms with Crippen molar-refractivity contribution in [2.45, 2.75) is 27.3 Å². The fourth-order valence-electron chi connectivity index (χ4n) is 3.37. The second kappa shape index (κ2) is 9.05. The van der Waals surface area contributed by atoms with E-state index in [0.29, 0.717) is 18.0 Å². The summed E-state index contributed by atoms with van der Waals surface area (Å²) in [5, 5.41) is 5.16. The Morgan fingerprint density at radius 1 is 1.03 bits per heavy atom. The third-order valence-electron chi connectivity index (χ3n) is 4.98. The molecule has 2 aromatic carbocycles. The van der Waals surface area contributed by atoms with Crippen LogP contribution in [0.5, 0.6) is 11.5 Å². The minimum absolute atomic E-state index is 0.586. The maximum atomic E-state index is 6.31. The zero-order chi connectivity index (χ0) is 21.0. The zero-order valence-corrected chi connectivity index (χ0v) is 18.2. The van der Waals surface area contributed by atoms with Crippen molar-refractivity contribution in [3.8, 4) is 17.2 Å². The Morgan fingerprint density at radius 2 is 1.79 bits per heavy atom. The molecule has 152 valence electrons. The molecule has 0 saturated carbocycles. The summed E-state index contributed by atoms with van der Waals surface area (Å²) in [5.74, 6) is 1.42. The van der Waals surface area contributed by atoms with Crippen LogP contribution in [0.15, 0.2) is 47.6 Å². The molecule has 1 aromatic heterocycles. The zero-order valence-electron chi connectivity index (χ0n) is 17.4. The van der Waals surface area contributed by atoms with E-state index in [2.05, 4.69) is 41.1 Å². The summed E-state index contributed by atoms with van der Waals surface area (Å²) < 4.78 is 12.8. The van der Waals surface area contributed by atoms with Gasteiger partial charge < -0.3 is 19.5 Å². The number of aromatic nitrogens is 1. The highest BCUT2D eigenvalue weighted by Crippen LogP contribution is 2.28. The summed E-state index contributed by atoms with van der Waals surface area (Å²) in [6.45, 7) is 6.79. The lowest BCUT2D eigenvalue weighted by molar-refractivity contribution is 0.354. The first-order chi connectivity index (χ1) is 14.0. The summed E-state index contributed by atoms with van der Waals surface area (Å²) in [7, 11) is 3.26. The highest BCUT2D eigenvalue weighted by molar-refractivity contribution is 6.31. The molecule has 3 aromatic rings. The molecule has 6 heteroatoms. The third kappa shape index (κ3) is 4.40. The fraction of sp³-hybridized carbons (Fsp3) is 0.261. The van der Waals surface area contributed by atoms with Crippen LogP contribution >= 0.6 is 11.6 Å². The van der Waals surface area contributed by atoms with Gasteiger partial charge in [0, 0.05) is 27.7 Å². The van der Waals surface area contributed by atoms with E-state index in [-0.39, 0.29) is 0 Å². The van der Waals surface area contributed by atoms with Gasteiger partial charge in [-0.1, -0.05) is 23.7 Å². The molecule has 3 rings (SSSR count). The molecule has 1 heterocycles. The predicted molar refractivity (Wildman–Crippen MR) is 119 cm³/mol. The van der Waals surface area contributed by atoms with E-state index in [1.54, 1.807) is 14.2 Å². The second-order valence-corrected chi connectivity index (χ2v) is 7.24. The van der Waals surface area contributed by atoms with Crippen LogP contribution in [0.25, 0.3) is 5.69 Å². The Kier molecular flexibility index (Phi) is 6.49. The number of ether oxygens (including phenoxy) is 2. The molecule has 0 unspecified atom stereocenters. The van der Waals surface area contributed by atoms with Gasteiger partial charge in [-0.3, -0.25) is 0 Å². The van der Waals surface area contributed by atoms with Crippen molar-refractivity contribution < 1.29 is 9.47 Å². The average Bonchev–Trinajstić information content (AvgIpc) is 3.00. The van der Waals surface area contributed by atoms with Gasteiger partial charge >= 0.3 is 0 Å². The lowest BCUT2D eigenvalue weighted by Crippen LogP contribution is -2.06. The first-order valence-electron chi connectivity index (χ1n) is 9.37. The molecule has 5 nitrogen and oxygen atoms in total. The van der Waals surface area contributed by atoms with Crippen LogP contribution in [-0.2, 0) is 6.54 Å². The number of nitrogens with zero attached hydrogens (tertiary/aromatic N) is 2. The van der Waals surface area contributed by atoms with E-state index < -0.39 is 0 Å². The summed E-state index contributed by atoms with van der Waals surface area (Å²) in [6, 6.07) is 13.9. The summed E-state index contributed by atoms with van der Waals surface area (Å²) in [5.41, 5.74) is 9.61. The number of hydrogen-bond donors (Lipinski definition) is 1. The molecule has 1 N–H and O–H groups in total. The highest BCUT2D eigenvalue weighted by Gasteiger charge is 2.12. The summed E-state index contributed by atoms with van der Waals surface area (Å²) >= 11 is 6.31. The minimum Gasteiger partial charge on any atom is -0.493 e. The van der Waals surface area contributed by atoms with Gasteiger partial charge in [0.2, 0.25) is 0 Å². The molecule has 0 bridgehead atoms. The minimum atomic E-state index is 0.586. The molecule has 0 fully saturated rings. The SMILES string of the molecule is COc1ccc(CN/N=C\c2cc(C)n(-c3cccc(Cl)c3C)c2C)cc1OC. The number of nitrogens with one attached hydrogen (secondary N) is 1. The normalized spacial score (nSPS) is 11.1. The number of rotatable bonds is 7. The maximum Gasteiger partial charge on any atom is 0.161 e.